The lowest BCUT2D eigenvalue weighted by Crippen LogP contribution is -2.32. The van der Waals surface area contributed by atoms with E-state index in [9.17, 15) is 4.79 Å². The minimum absolute atomic E-state index is 0.157. The molecule has 1 amide bonds. The van der Waals surface area contributed by atoms with Crippen LogP contribution in [0, 0.1) is 0 Å². The van der Waals surface area contributed by atoms with Gasteiger partial charge in [0.05, 0.1) is 19.0 Å². The fraction of sp³-hybridized carbons (Fsp3) is 0.250. The number of ether oxygens (including phenoxy) is 2. The van der Waals surface area contributed by atoms with Gasteiger partial charge in [0.1, 0.15) is 0 Å². The molecule has 0 N–H and O–H groups in total. The lowest BCUT2D eigenvalue weighted by Gasteiger charge is -2.23. The van der Waals surface area contributed by atoms with Gasteiger partial charge in [-0.15, -0.1) is 0 Å². The number of likely N-dealkylation sites (N-methyl/N-ethyl adjacent to an activating group) is 1. The molecule has 0 aliphatic carbocycles. The van der Waals surface area contributed by atoms with Gasteiger partial charge in [-0.25, -0.2) is 4.98 Å². The Balaban J connectivity index is 2.20. The quantitative estimate of drug-likeness (QED) is 0.847. The van der Waals surface area contributed by atoms with E-state index in [1.54, 1.807) is 32.5 Å². The number of amides is 1. The van der Waals surface area contributed by atoms with Gasteiger partial charge in [0.2, 0.25) is 5.88 Å². The monoisotopic (exact) mass is 286 g/mol. The number of hydrogen-bond acceptors (Lipinski definition) is 4. The van der Waals surface area contributed by atoms with Crippen LogP contribution in [0.15, 0.2) is 48.7 Å². The molecule has 1 aromatic heterocycles. The highest BCUT2D eigenvalue weighted by molar-refractivity contribution is 5.96. The molecule has 0 saturated heterocycles. The van der Waals surface area contributed by atoms with Gasteiger partial charge in [-0.1, -0.05) is 30.3 Å². The number of pyridine rings is 1. The molecule has 2 aromatic rings. The minimum Gasteiger partial charge on any atom is -0.481 e. The Bertz CT molecular complexity index is 584. The Morgan fingerprint density at radius 3 is 2.38 bits per heavy atom. The number of carbonyl (C=O) groups is 1. The fourth-order valence-electron chi connectivity index (χ4n) is 2.00. The second-order valence-corrected chi connectivity index (χ2v) is 4.48. The summed E-state index contributed by atoms with van der Waals surface area (Å²) in [6.45, 7) is 0. The van der Waals surface area contributed by atoms with Crippen LogP contribution in [0.2, 0.25) is 0 Å². The molecule has 2 rings (SSSR count). The number of rotatable bonds is 5. The third-order valence-electron chi connectivity index (χ3n) is 3.21. The molecule has 21 heavy (non-hydrogen) atoms. The molecule has 0 bridgehead atoms. The number of methoxy groups -OCH3 is 2. The summed E-state index contributed by atoms with van der Waals surface area (Å²) in [6, 6.07) is 12.9. The van der Waals surface area contributed by atoms with E-state index >= 15 is 0 Å². The second-order valence-electron chi connectivity index (χ2n) is 4.48. The average molecular weight is 286 g/mol. The topological polar surface area (TPSA) is 51.7 Å². The maximum absolute atomic E-state index is 12.6. The van der Waals surface area contributed by atoms with Crippen LogP contribution in [-0.4, -0.2) is 32.2 Å². The van der Waals surface area contributed by atoms with Crippen LogP contribution in [0.4, 0.5) is 5.69 Å². The third kappa shape index (κ3) is 3.38. The van der Waals surface area contributed by atoms with Crippen molar-refractivity contribution in [2.24, 2.45) is 0 Å². The number of nitrogens with zero attached hydrogens (tertiary/aromatic N) is 2. The summed E-state index contributed by atoms with van der Waals surface area (Å²) in [4.78, 5) is 18.2. The van der Waals surface area contributed by atoms with Crippen molar-refractivity contribution in [1.29, 1.82) is 0 Å². The summed E-state index contributed by atoms with van der Waals surface area (Å²) < 4.78 is 10.4. The standard InChI is InChI=1S/C16H18N2O3/c1-18(13-9-10-14(20-2)17-11-13)16(19)15(21-3)12-7-5-4-6-8-12/h4-11,15H,1-3H3/t15-/m0/s1. The first-order valence-corrected chi connectivity index (χ1v) is 6.52. The summed E-state index contributed by atoms with van der Waals surface area (Å²) in [7, 11) is 4.77. The molecular formula is C16H18N2O3. The van der Waals surface area contributed by atoms with E-state index in [4.69, 9.17) is 9.47 Å². The predicted octanol–water partition coefficient (Wildman–Crippen LogP) is 2.44. The van der Waals surface area contributed by atoms with Crippen molar-refractivity contribution in [2.75, 3.05) is 26.2 Å². The lowest BCUT2D eigenvalue weighted by molar-refractivity contribution is -0.128. The van der Waals surface area contributed by atoms with Crippen molar-refractivity contribution in [3.63, 3.8) is 0 Å². The van der Waals surface area contributed by atoms with Crippen LogP contribution in [0.3, 0.4) is 0 Å². The van der Waals surface area contributed by atoms with Crippen LogP contribution in [0.5, 0.6) is 5.88 Å². The Hall–Kier alpha value is -2.40. The fourth-order valence-corrected chi connectivity index (χ4v) is 2.00. The highest BCUT2D eigenvalue weighted by atomic mass is 16.5. The van der Waals surface area contributed by atoms with Gasteiger partial charge in [-0.05, 0) is 11.6 Å². The van der Waals surface area contributed by atoms with Gasteiger partial charge in [0.15, 0.2) is 6.10 Å². The van der Waals surface area contributed by atoms with E-state index in [0.717, 1.165) is 5.56 Å². The zero-order valence-electron chi connectivity index (χ0n) is 12.3. The number of anilines is 1. The normalized spacial score (nSPS) is 11.8. The number of carbonyl (C=O) groups excluding carboxylic acids is 1. The van der Waals surface area contributed by atoms with E-state index in [2.05, 4.69) is 4.98 Å². The lowest BCUT2D eigenvalue weighted by atomic mass is 10.1. The van der Waals surface area contributed by atoms with Crippen LogP contribution in [-0.2, 0) is 9.53 Å². The number of aromatic nitrogens is 1. The highest BCUT2D eigenvalue weighted by Gasteiger charge is 2.24. The van der Waals surface area contributed by atoms with E-state index in [1.165, 1.54) is 12.0 Å². The van der Waals surface area contributed by atoms with Gasteiger partial charge < -0.3 is 14.4 Å². The molecule has 5 heteroatoms. The SMILES string of the molecule is COc1ccc(N(C)C(=O)[C@@H](OC)c2ccccc2)cn1. The smallest absolute Gasteiger partial charge is 0.260 e. The molecular weight excluding hydrogens is 268 g/mol. The Morgan fingerprint density at radius 2 is 1.86 bits per heavy atom. The zero-order valence-corrected chi connectivity index (χ0v) is 12.3. The Morgan fingerprint density at radius 1 is 1.14 bits per heavy atom. The molecule has 0 radical (unpaired) electrons. The van der Waals surface area contributed by atoms with Crippen molar-refractivity contribution in [3.05, 3.63) is 54.2 Å². The molecule has 1 atom stereocenters. The second kappa shape index (κ2) is 6.85. The molecule has 1 heterocycles. The Labute approximate surface area is 124 Å². The maximum Gasteiger partial charge on any atom is 0.260 e. The zero-order chi connectivity index (χ0) is 15.2. The summed E-state index contributed by atoms with van der Waals surface area (Å²) in [5, 5.41) is 0. The summed E-state index contributed by atoms with van der Waals surface area (Å²) >= 11 is 0. The van der Waals surface area contributed by atoms with Crippen molar-refractivity contribution in [1.82, 2.24) is 4.98 Å². The summed E-state index contributed by atoms with van der Waals surface area (Å²) in [6.07, 6.45) is 0.951. The molecule has 5 nitrogen and oxygen atoms in total. The number of benzene rings is 1. The van der Waals surface area contributed by atoms with Crippen LogP contribution >= 0.6 is 0 Å². The van der Waals surface area contributed by atoms with Gasteiger partial charge in [0, 0.05) is 20.2 Å². The summed E-state index contributed by atoms with van der Waals surface area (Å²) in [5.41, 5.74) is 1.50. The molecule has 0 aliphatic rings. The van der Waals surface area contributed by atoms with Crippen molar-refractivity contribution in [3.8, 4) is 5.88 Å². The van der Waals surface area contributed by atoms with Gasteiger partial charge in [0.25, 0.3) is 5.91 Å². The number of hydrogen-bond donors (Lipinski definition) is 0. The maximum atomic E-state index is 12.6. The molecule has 0 fully saturated rings. The van der Waals surface area contributed by atoms with E-state index in [1.807, 2.05) is 30.3 Å². The van der Waals surface area contributed by atoms with E-state index in [0.29, 0.717) is 11.6 Å². The summed E-state index contributed by atoms with van der Waals surface area (Å²) in [5.74, 6) is 0.349. The predicted molar refractivity (Wildman–Crippen MR) is 80.4 cm³/mol. The van der Waals surface area contributed by atoms with Gasteiger partial charge in [-0.2, -0.15) is 0 Å². The molecule has 0 aliphatic heterocycles. The molecule has 0 unspecified atom stereocenters. The van der Waals surface area contributed by atoms with Crippen molar-refractivity contribution >= 4 is 11.6 Å². The van der Waals surface area contributed by atoms with Crippen molar-refractivity contribution < 1.29 is 14.3 Å². The van der Waals surface area contributed by atoms with Crippen LogP contribution in [0.25, 0.3) is 0 Å². The first kappa shape index (κ1) is 15.0. The van der Waals surface area contributed by atoms with Gasteiger partial charge in [-0.3, -0.25) is 4.79 Å². The Kier molecular flexibility index (Phi) is 4.90. The highest BCUT2D eigenvalue weighted by Crippen LogP contribution is 2.22. The first-order valence-electron chi connectivity index (χ1n) is 6.52. The third-order valence-corrected chi connectivity index (χ3v) is 3.21. The van der Waals surface area contributed by atoms with E-state index in [-0.39, 0.29) is 5.91 Å². The minimum atomic E-state index is -0.640. The van der Waals surface area contributed by atoms with Gasteiger partial charge >= 0.3 is 0 Å². The van der Waals surface area contributed by atoms with Crippen LogP contribution < -0.4 is 9.64 Å². The first-order chi connectivity index (χ1) is 10.2. The van der Waals surface area contributed by atoms with Crippen LogP contribution in [0.1, 0.15) is 11.7 Å². The molecule has 1 aromatic carbocycles. The molecule has 0 saturated carbocycles. The molecule has 110 valence electrons. The molecule has 0 spiro atoms. The van der Waals surface area contributed by atoms with E-state index < -0.39 is 6.10 Å². The largest absolute Gasteiger partial charge is 0.481 e. The average Bonchev–Trinajstić information content (AvgIpc) is 2.56. The van der Waals surface area contributed by atoms with Crippen molar-refractivity contribution in [2.45, 2.75) is 6.10 Å².